The standard InChI is InChI=1S/C19H22N2/c1-13(2)16-10-19-20-18(15-8-6-5-7-9-15)12-21(19)11-17(16)14(3)4/h5-14H,1-4H3. The molecule has 2 nitrogen and oxygen atoms in total. The van der Waals surface area contributed by atoms with E-state index in [9.17, 15) is 0 Å². The summed E-state index contributed by atoms with van der Waals surface area (Å²) in [5.74, 6) is 1.04. The molecule has 108 valence electrons. The van der Waals surface area contributed by atoms with E-state index in [1.165, 1.54) is 16.7 Å². The van der Waals surface area contributed by atoms with Crippen LogP contribution >= 0.6 is 0 Å². The fourth-order valence-electron chi connectivity index (χ4n) is 2.80. The highest BCUT2D eigenvalue weighted by molar-refractivity contribution is 5.63. The number of benzene rings is 1. The second-order valence-corrected chi connectivity index (χ2v) is 6.25. The van der Waals surface area contributed by atoms with E-state index in [1.807, 2.05) is 6.07 Å². The molecule has 0 spiro atoms. The zero-order chi connectivity index (χ0) is 15.0. The Hall–Kier alpha value is -2.09. The van der Waals surface area contributed by atoms with Crippen LogP contribution in [0, 0.1) is 0 Å². The van der Waals surface area contributed by atoms with Crippen LogP contribution in [0.25, 0.3) is 16.9 Å². The predicted molar refractivity (Wildman–Crippen MR) is 88.8 cm³/mol. The highest BCUT2D eigenvalue weighted by atomic mass is 15.0. The minimum atomic E-state index is 0.518. The molecule has 0 atom stereocenters. The Kier molecular flexibility index (Phi) is 3.54. The second kappa shape index (κ2) is 5.36. The van der Waals surface area contributed by atoms with Crippen molar-refractivity contribution in [3.63, 3.8) is 0 Å². The zero-order valence-electron chi connectivity index (χ0n) is 13.2. The predicted octanol–water partition coefficient (Wildman–Crippen LogP) is 5.25. The summed E-state index contributed by atoms with van der Waals surface area (Å²) in [6.45, 7) is 9.00. The molecule has 0 unspecified atom stereocenters. The van der Waals surface area contributed by atoms with Crippen molar-refractivity contribution >= 4 is 5.65 Å². The van der Waals surface area contributed by atoms with Gasteiger partial charge in [-0.15, -0.1) is 0 Å². The van der Waals surface area contributed by atoms with Crippen molar-refractivity contribution in [1.29, 1.82) is 0 Å². The number of aromatic nitrogens is 2. The number of nitrogens with zero attached hydrogens (tertiary/aromatic N) is 2. The largest absolute Gasteiger partial charge is 0.306 e. The van der Waals surface area contributed by atoms with Gasteiger partial charge in [0.15, 0.2) is 0 Å². The Labute approximate surface area is 126 Å². The van der Waals surface area contributed by atoms with Crippen molar-refractivity contribution in [1.82, 2.24) is 9.38 Å². The molecular formula is C19H22N2. The van der Waals surface area contributed by atoms with E-state index in [4.69, 9.17) is 4.98 Å². The maximum Gasteiger partial charge on any atom is 0.137 e. The summed E-state index contributed by atoms with van der Waals surface area (Å²) in [6, 6.07) is 12.6. The normalized spacial score (nSPS) is 11.7. The van der Waals surface area contributed by atoms with E-state index in [2.05, 4.69) is 74.8 Å². The van der Waals surface area contributed by atoms with Crippen molar-refractivity contribution in [2.75, 3.05) is 0 Å². The molecule has 0 fully saturated rings. The molecule has 0 saturated carbocycles. The molecule has 2 heterocycles. The quantitative estimate of drug-likeness (QED) is 0.639. The highest BCUT2D eigenvalue weighted by Crippen LogP contribution is 2.28. The first-order valence-electron chi connectivity index (χ1n) is 7.64. The lowest BCUT2D eigenvalue weighted by Gasteiger charge is -2.16. The van der Waals surface area contributed by atoms with Crippen LogP contribution in [0.1, 0.15) is 50.7 Å². The summed E-state index contributed by atoms with van der Waals surface area (Å²) < 4.78 is 2.16. The second-order valence-electron chi connectivity index (χ2n) is 6.25. The lowest BCUT2D eigenvalue weighted by atomic mass is 9.92. The molecule has 1 aromatic carbocycles. The van der Waals surface area contributed by atoms with Crippen LogP contribution in [0.5, 0.6) is 0 Å². The number of hydrogen-bond acceptors (Lipinski definition) is 1. The average molecular weight is 278 g/mol. The van der Waals surface area contributed by atoms with Gasteiger partial charge in [0.25, 0.3) is 0 Å². The minimum Gasteiger partial charge on any atom is -0.306 e. The molecule has 0 aliphatic rings. The van der Waals surface area contributed by atoms with Crippen LogP contribution < -0.4 is 0 Å². The molecule has 0 saturated heterocycles. The molecule has 0 radical (unpaired) electrons. The first kappa shape index (κ1) is 13.9. The molecule has 0 N–H and O–H groups in total. The SMILES string of the molecule is CC(C)c1cc2nc(-c3ccccc3)cn2cc1C(C)C. The topological polar surface area (TPSA) is 17.3 Å². The van der Waals surface area contributed by atoms with Gasteiger partial charge in [-0.3, -0.25) is 0 Å². The van der Waals surface area contributed by atoms with Crippen LogP contribution in [0.4, 0.5) is 0 Å². The molecule has 3 rings (SSSR count). The summed E-state index contributed by atoms with van der Waals surface area (Å²) in [5, 5.41) is 0. The van der Waals surface area contributed by atoms with E-state index < -0.39 is 0 Å². The maximum atomic E-state index is 4.79. The van der Waals surface area contributed by atoms with Gasteiger partial charge in [0.2, 0.25) is 0 Å². The minimum absolute atomic E-state index is 0.518. The van der Waals surface area contributed by atoms with Gasteiger partial charge < -0.3 is 4.40 Å². The van der Waals surface area contributed by atoms with Crippen LogP contribution in [0.15, 0.2) is 48.8 Å². The molecular weight excluding hydrogens is 256 g/mol. The number of pyridine rings is 1. The third kappa shape index (κ3) is 2.58. The number of rotatable bonds is 3. The number of fused-ring (bicyclic) bond motifs is 1. The Balaban J connectivity index is 2.18. The fourth-order valence-corrected chi connectivity index (χ4v) is 2.80. The van der Waals surface area contributed by atoms with Crippen LogP contribution in [0.2, 0.25) is 0 Å². The molecule has 0 aliphatic heterocycles. The molecule has 0 aliphatic carbocycles. The van der Waals surface area contributed by atoms with Gasteiger partial charge in [-0.25, -0.2) is 4.98 Å². The lowest BCUT2D eigenvalue weighted by Crippen LogP contribution is -2.01. The highest BCUT2D eigenvalue weighted by Gasteiger charge is 2.13. The van der Waals surface area contributed by atoms with Gasteiger partial charge in [-0.2, -0.15) is 0 Å². The number of imidazole rings is 1. The van der Waals surface area contributed by atoms with E-state index in [0.717, 1.165) is 11.3 Å². The van der Waals surface area contributed by atoms with Gasteiger partial charge >= 0.3 is 0 Å². The summed E-state index contributed by atoms with van der Waals surface area (Å²) in [7, 11) is 0. The molecule has 3 aromatic rings. The summed E-state index contributed by atoms with van der Waals surface area (Å²) in [5.41, 5.74) is 6.05. The molecule has 0 bridgehead atoms. The molecule has 2 heteroatoms. The Morgan fingerprint density at radius 1 is 0.857 bits per heavy atom. The van der Waals surface area contributed by atoms with Gasteiger partial charge in [-0.05, 0) is 29.0 Å². The van der Waals surface area contributed by atoms with E-state index >= 15 is 0 Å². The first-order chi connectivity index (χ1) is 10.1. The Bertz CT molecular complexity index is 707. The van der Waals surface area contributed by atoms with Crippen molar-refractivity contribution in [2.45, 2.75) is 39.5 Å². The van der Waals surface area contributed by atoms with Crippen molar-refractivity contribution in [2.24, 2.45) is 0 Å². The lowest BCUT2D eigenvalue weighted by molar-refractivity contribution is 0.781. The summed E-state index contributed by atoms with van der Waals surface area (Å²) in [4.78, 5) is 4.79. The molecule has 2 aromatic heterocycles. The van der Waals surface area contributed by atoms with Gasteiger partial charge in [-0.1, -0.05) is 58.0 Å². The number of hydrogen-bond donors (Lipinski definition) is 0. The van der Waals surface area contributed by atoms with Crippen LogP contribution in [-0.2, 0) is 0 Å². The van der Waals surface area contributed by atoms with Gasteiger partial charge in [0, 0.05) is 18.0 Å². The van der Waals surface area contributed by atoms with E-state index in [0.29, 0.717) is 11.8 Å². The van der Waals surface area contributed by atoms with E-state index in [-0.39, 0.29) is 0 Å². The molecule has 0 amide bonds. The van der Waals surface area contributed by atoms with Crippen LogP contribution in [0.3, 0.4) is 0 Å². The zero-order valence-corrected chi connectivity index (χ0v) is 13.2. The van der Waals surface area contributed by atoms with Crippen molar-refractivity contribution in [3.05, 3.63) is 59.9 Å². The third-order valence-electron chi connectivity index (χ3n) is 3.97. The molecule has 21 heavy (non-hydrogen) atoms. The third-order valence-corrected chi connectivity index (χ3v) is 3.97. The van der Waals surface area contributed by atoms with Crippen molar-refractivity contribution < 1.29 is 0 Å². The Morgan fingerprint density at radius 2 is 1.52 bits per heavy atom. The summed E-state index contributed by atoms with van der Waals surface area (Å²) >= 11 is 0. The smallest absolute Gasteiger partial charge is 0.137 e. The van der Waals surface area contributed by atoms with Crippen LogP contribution in [-0.4, -0.2) is 9.38 Å². The first-order valence-corrected chi connectivity index (χ1v) is 7.64. The van der Waals surface area contributed by atoms with Gasteiger partial charge in [0.1, 0.15) is 5.65 Å². The Morgan fingerprint density at radius 3 is 2.14 bits per heavy atom. The summed E-state index contributed by atoms with van der Waals surface area (Å²) in [6.07, 6.45) is 4.37. The van der Waals surface area contributed by atoms with Gasteiger partial charge in [0.05, 0.1) is 5.69 Å². The fraction of sp³-hybridized carbons (Fsp3) is 0.316. The average Bonchev–Trinajstić information content (AvgIpc) is 2.89. The van der Waals surface area contributed by atoms with Crippen molar-refractivity contribution in [3.8, 4) is 11.3 Å². The van der Waals surface area contributed by atoms with E-state index in [1.54, 1.807) is 0 Å². The maximum absolute atomic E-state index is 4.79. The monoisotopic (exact) mass is 278 g/mol.